The zero-order chi connectivity index (χ0) is 17.0. The smallest absolute Gasteiger partial charge is 0.410 e. The van der Waals surface area contributed by atoms with E-state index in [1.54, 1.807) is 4.90 Å². The fourth-order valence-corrected chi connectivity index (χ4v) is 2.89. The van der Waals surface area contributed by atoms with E-state index in [1.165, 1.54) is 5.56 Å². The molecular weight excluding hydrogens is 314 g/mol. The van der Waals surface area contributed by atoms with Crippen molar-refractivity contribution in [1.29, 1.82) is 0 Å². The largest absolute Gasteiger partial charge is 0.444 e. The van der Waals surface area contributed by atoms with Crippen molar-refractivity contribution in [2.45, 2.75) is 45.1 Å². The number of hydrogen-bond acceptors (Lipinski definition) is 3. The number of hydrogen-bond donors (Lipinski definition) is 0. The fourth-order valence-electron chi connectivity index (χ4n) is 2.74. The Balaban J connectivity index is 1.91. The summed E-state index contributed by atoms with van der Waals surface area (Å²) in [5.74, 6) is 0.361. The Labute approximate surface area is 142 Å². The van der Waals surface area contributed by atoms with E-state index in [-0.39, 0.29) is 17.8 Å². The maximum atomic E-state index is 12.1. The van der Waals surface area contributed by atoms with Gasteiger partial charge in [-0.05, 0) is 45.1 Å². The van der Waals surface area contributed by atoms with Crippen LogP contribution in [0.25, 0.3) is 0 Å². The van der Waals surface area contributed by atoms with Gasteiger partial charge in [0.1, 0.15) is 5.60 Å². The summed E-state index contributed by atoms with van der Waals surface area (Å²) in [4.78, 5) is 25.4. The molecule has 1 aromatic rings. The van der Waals surface area contributed by atoms with Crippen LogP contribution in [0, 0.1) is 0 Å². The second-order valence-corrected chi connectivity index (χ2v) is 7.19. The third-order valence-electron chi connectivity index (χ3n) is 3.97. The summed E-state index contributed by atoms with van der Waals surface area (Å²) in [5, 5.41) is 0. The van der Waals surface area contributed by atoms with E-state index in [0.29, 0.717) is 24.6 Å². The molecule has 0 saturated carbocycles. The first-order chi connectivity index (χ1) is 10.8. The molecule has 1 fully saturated rings. The number of likely N-dealkylation sites (tertiary alicyclic amines) is 1. The maximum absolute atomic E-state index is 12.1. The lowest BCUT2D eigenvalue weighted by molar-refractivity contribution is 0.0204. The van der Waals surface area contributed by atoms with Crippen LogP contribution in [0.15, 0.2) is 24.3 Å². The number of carbonyl (C=O) groups excluding carboxylic acids is 2. The number of ether oxygens (including phenoxy) is 1. The van der Waals surface area contributed by atoms with Crippen molar-refractivity contribution >= 4 is 23.5 Å². The molecule has 0 unspecified atom stereocenters. The standard InChI is InChI=1S/C18H24ClNO3/c1-18(2,3)23-17(22)20-10-8-14(9-11-20)13-4-6-15(7-5-13)16(21)12-19/h4-7,14H,8-12H2,1-3H3. The van der Waals surface area contributed by atoms with E-state index in [2.05, 4.69) is 0 Å². The molecule has 0 N–H and O–H groups in total. The second kappa shape index (κ2) is 7.35. The van der Waals surface area contributed by atoms with Crippen molar-refractivity contribution in [3.63, 3.8) is 0 Å². The Morgan fingerprint density at radius 1 is 1.17 bits per heavy atom. The summed E-state index contributed by atoms with van der Waals surface area (Å²) in [5.41, 5.74) is 1.40. The lowest BCUT2D eigenvalue weighted by atomic mass is 9.89. The zero-order valence-corrected chi connectivity index (χ0v) is 14.7. The molecule has 23 heavy (non-hydrogen) atoms. The minimum absolute atomic E-state index is 0.00756. The van der Waals surface area contributed by atoms with E-state index in [4.69, 9.17) is 16.3 Å². The molecule has 0 aliphatic carbocycles. The van der Waals surface area contributed by atoms with Crippen LogP contribution in [0.4, 0.5) is 4.79 Å². The van der Waals surface area contributed by atoms with Gasteiger partial charge in [0.05, 0.1) is 5.88 Å². The summed E-state index contributed by atoms with van der Waals surface area (Å²) in [6, 6.07) is 7.65. The number of nitrogens with zero attached hydrogens (tertiary/aromatic N) is 1. The topological polar surface area (TPSA) is 46.6 Å². The third kappa shape index (κ3) is 4.96. The van der Waals surface area contributed by atoms with E-state index in [0.717, 1.165) is 12.8 Å². The van der Waals surface area contributed by atoms with E-state index in [9.17, 15) is 9.59 Å². The number of amides is 1. The summed E-state index contributed by atoms with van der Waals surface area (Å²) in [6.07, 6.45) is 1.57. The molecule has 4 nitrogen and oxygen atoms in total. The minimum Gasteiger partial charge on any atom is -0.444 e. The summed E-state index contributed by atoms with van der Waals surface area (Å²) in [7, 11) is 0. The van der Waals surface area contributed by atoms with Gasteiger partial charge in [0.15, 0.2) is 5.78 Å². The summed E-state index contributed by atoms with van der Waals surface area (Å²) in [6.45, 7) is 7.02. The normalized spacial score (nSPS) is 16.3. The molecule has 0 bridgehead atoms. The Kier molecular flexibility index (Phi) is 5.69. The number of alkyl halides is 1. The highest BCUT2D eigenvalue weighted by Crippen LogP contribution is 2.29. The van der Waals surface area contributed by atoms with Crippen molar-refractivity contribution in [1.82, 2.24) is 4.90 Å². The lowest BCUT2D eigenvalue weighted by Gasteiger charge is -2.33. The number of carbonyl (C=O) groups is 2. The van der Waals surface area contributed by atoms with Crippen molar-refractivity contribution in [3.8, 4) is 0 Å². The number of ketones is 1. The van der Waals surface area contributed by atoms with Crippen LogP contribution in [-0.2, 0) is 4.74 Å². The highest BCUT2D eigenvalue weighted by Gasteiger charge is 2.27. The second-order valence-electron chi connectivity index (χ2n) is 6.92. The first-order valence-corrected chi connectivity index (χ1v) is 8.50. The number of Topliss-reactive ketones (excluding diaryl/α,β-unsaturated/α-hetero) is 1. The van der Waals surface area contributed by atoms with Gasteiger partial charge in [0.2, 0.25) is 0 Å². The van der Waals surface area contributed by atoms with Crippen LogP contribution in [0.3, 0.4) is 0 Å². The van der Waals surface area contributed by atoms with Crippen LogP contribution in [0.1, 0.15) is 55.5 Å². The summed E-state index contributed by atoms with van der Waals surface area (Å²) >= 11 is 5.57. The number of rotatable bonds is 3. The molecular formula is C18H24ClNO3. The Morgan fingerprint density at radius 2 is 1.74 bits per heavy atom. The number of halogens is 1. The maximum Gasteiger partial charge on any atom is 0.410 e. The number of piperidine rings is 1. The fraction of sp³-hybridized carbons (Fsp3) is 0.556. The highest BCUT2D eigenvalue weighted by atomic mass is 35.5. The van der Waals surface area contributed by atoms with Crippen LogP contribution in [0.5, 0.6) is 0 Å². The van der Waals surface area contributed by atoms with Gasteiger partial charge < -0.3 is 9.64 Å². The average Bonchev–Trinajstić information content (AvgIpc) is 2.53. The third-order valence-corrected chi connectivity index (χ3v) is 4.21. The van der Waals surface area contributed by atoms with E-state index in [1.807, 2.05) is 45.0 Å². The van der Waals surface area contributed by atoms with Crippen molar-refractivity contribution < 1.29 is 14.3 Å². The van der Waals surface area contributed by atoms with Crippen molar-refractivity contribution in [3.05, 3.63) is 35.4 Å². The first kappa shape index (κ1) is 17.8. The first-order valence-electron chi connectivity index (χ1n) is 7.97. The average molecular weight is 338 g/mol. The predicted molar refractivity (Wildman–Crippen MR) is 91.3 cm³/mol. The Hall–Kier alpha value is -1.55. The molecule has 1 heterocycles. The van der Waals surface area contributed by atoms with E-state index < -0.39 is 5.60 Å². The van der Waals surface area contributed by atoms with Gasteiger partial charge in [-0.15, -0.1) is 11.6 Å². The molecule has 126 valence electrons. The molecule has 0 aromatic heterocycles. The van der Waals surface area contributed by atoms with Crippen LogP contribution in [-0.4, -0.2) is 41.3 Å². The van der Waals surface area contributed by atoms with Crippen molar-refractivity contribution in [2.24, 2.45) is 0 Å². The molecule has 0 spiro atoms. The monoisotopic (exact) mass is 337 g/mol. The molecule has 0 atom stereocenters. The summed E-state index contributed by atoms with van der Waals surface area (Å²) < 4.78 is 5.41. The minimum atomic E-state index is -0.460. The lowest BCUT2D eigenvalue weighted by Crippen LogP contribution is -2.41. The van der Waals surface area contributed by atoms with Gasteiger partial charge in [-0.3, -0.25) is 4.79 Å². The molecule has 1 amide bonds. The zero-order valence-electron chi connectivity index (χ0n) is 14.0. The molecule has 1 aliphatic heterocycles. The van der Waals surface area contributed by atoms with E-state index >= 15 is 0 Å². The molecule has 5 heteroatoms. The van der Waals surface area contributed by atoms with Gasteiger partial charge in [-0.25, -0.2) is 4.79 Å². The Morgan fingerprint density at radius 3 is 2.22 bits per heavy atom. The molecule has 0 radical (unpaired) electrons. The van der Waals surface area contributed by atoms with Crippen LogP contribution in [0.2, 0.25) is 0 Å². The quantitative estimate of drug-likeness (QED) is 0.612. The molecule has 1 aromatic carbocycles. The predicted octanol–water partition coefficient (Wildman–Crippen LogP) is 4.22. The van der Waals surface area contributed by atoms with Gasteiger partial charge in [-0.2, -0.15) is 0 Å². The van der Waals surface area contributed by atoms with Crippen LogP contribution < -0.4 is 0 Å². The number of benzene rings is 1. The van der Waals surface area contributed by atoms with Gasteiger partial charge in [0.25, 0.3) is 0 Å². The van der Waals surface area contributed by atoms with Crippen molar-refractivity contribution in [2.75, 3.05) is 19.0 Å². The van der Waals surface area contributed by atoms with Gasteiger partial charge in [0, 0.05) is 18.7 Å². The van der Waals surface area contributed by atoms with Gasteiger partial charge >= 0.3 is 6.09 Å². The molecule has 1 aliphatic rings. The SMILES string of the molecule is CC(C)(C)OC(=O)N1CCC(c2ccc(C(=O)CCl)cc2)CC1. The van der Waals surface area contributed by atoms with Crippen LogP contribution >= 0.6 is 11.6 Å². The van der Waals surface area contributed by atoms with Gasteiger partial charge in [-0.1, -0.05) is 24.3 Å². The molecule has 1 saturated heterocycles. The Bertz CT molecular complexity index is 555. The molecule has 2 rings (SSSR count). The highest BCUT2D eigenvalue weighted by molar-refractivity contribution is 6.30.